The fraction of sp³-hybridized carbons (Fsp3) is 0.696. The van der Waals surface area contributed by atoms with Gasteiger partial charge in [-0.3, -0.25) is 0 Å². The van der Waals surface area contributed by atoms with Crippen molar-refractivity contribution in [3.05, 3.63) is 35.9 Å². The van der Waals surface area contributed by atoms with Gasteiger partial charge in [-0.05, 0) is 43.1 Å². The third-order valence-corrected chi connectivity index (χ3v) is 8.52. The van der Waals surface area contributed by atoms with Crippen molar-refractivity contribution < 1.29 is 14.0 Å². The van der Waals surface area contributed by atoms with Crippen molar-refractivity contribution in [2.45, 2.75) is 75.1 Å². The van der Waals surface area contributed by atoms with Gasteiger partial charge in [0.15, 0.2) is 0 Å². The first kappa shape index (κ1) is 17.5. The van der Waals surface area contributed by atoms with E-state index in [4.69, 9.17) is 4.74 Å². The highest BCUT2D eigenvalue weighted by atomic mass is 16.6. The van der Waals surface area contributed by atoms with Crippen LogP contribution in [0.1, 0.15) is 56.9 Å². The number of piperidine rings is 1. The quantitative estimate of drug-likeness (QED) is 0.811. The minimum atomic E-state index is -0.218. The van der Waals surface area contributed by atoms with Gasteiger partial charge in [0.2, 0.25) is 0 Å². The number of carbonyl (C=O) groups excluding carboxylic acids is 1. The van der Waals surface area contributed by atoms with E-state index < -0.39 is 0 Å². The van der Waals surface area contributed by atoms with E-state index in [1.165, 1.54) is 37.7 Å². The number of ether oxygens (including phenoxy) is 1. The fourth-order valence-electron chi connectivity index (χ4n) is 6.93. The Morgan fingerprint density at radius 2 is 1.74 bits per heavy atom. The number of hydrogen-bond acceptors (Lipinski definition) is 2. The Morgan fingerprint density at radius 3 is 2.33 bits per heavy atom. The van der Waals surface area contributed by atoms with Gasteiger partial charge in [-0.1, -0.05) is 30.3 Å². The van der Waals surface area contributed by atoms with Crippen LogP contribution in [0.5, 0.6) is 0 Å². The Balaban J connectivity index is 1.31. The molecule has 0 spiro atoms. The molecule has 4 fully saturated rings. The molecule has 2 aliphatic carbocycles. The van der Waals surface area contributed by atoms with Gasteiger partial charge in [-0.2, -0.15) is 0 Å². The highest BCUT2D eigenvalue weighted by molar-refractivity contribution is 5.69. The molecule has 4 heteroatoms. The van der Waals surface area contributed by atoms with E-state index in [9.17, 15) is 4.79 Å². The Labute approximate surface area is 162 Å². The number of quaternary nitrogens is 1. The van der Waals surface area contributed by atoms with E-state index in [-0.39, 0.29) is 17.7 Å². The molecule has 0 radical (unpaired) electrons. The van der Waals surface area contributed by atoms with Crippen LogP contribution >= 0.6 is 0 Å². The summed E-state index contributed by atoms with van der Waals surface area (Å²) in [4.78, 5) is 13.0. The number of hydrogen-bond donors (Lipinski definition) is 1. The smallest absolute Gasteiger partial charge is 0.408 e. The summed E-state index contributed by atoms with van der Waals surface area (Å²) in [6, 6.07) is 11.9. The van der Waals surface area contributed by atoms with Gasteiger partial charge in [0.1, 0.15) is 6.10 Å². The normalized spacial score (nSPS) is 41.5. The lowest BCUT2D eigenvalue weighted by atomic mass is 9.76. The Hall–Kier alpha value is -1.55. The predicted molar refractivity (Wildman–Crippen MR) is 105 cm³/mol. The van der Waals surface area contributed by atoms with Gasteiger partial charge >= 0.3 is 6.09 Å². The first-order valence-electron chi connectivity index (χ1n) is 10.8. The van der Waals surface area contributed by atoms with Crippen LogP contribution in [0, 0.1) is 11.8 Å². The Kier molecular flexibility index (Phi) is 4.05. The zero-order chi connectivity index (χ0) is 18.6. The minimum absolute atomic E-state index is 0.0834. The number of nitrogens with one attached hydrogen (secondary N) is 1. The Morgan fingerprint density at radius 1 is 1.04 bits per heavy atom. The van der Waals surface area contributed by atoms with Gasteiger partial charge < -0.3 is 14.5 Å². The number of fused-ring (bicyclic) bond motifs is 4. The maximum absolute atomic E-state index is 13.0. The standard InChI is InChI=1S/C23H32N2O2/c1-25(2)19-10-11-20(25)14-21(13-19)27-22(26)24-23(17-6-4-3-5-7-17)15-16-8-9-18(23)12-16/h3-7,16,18-21H,8-15H2,1-2H3/p+1. The average molecular weight is 370 g/mol. The van der Waals surface area contributed by atoms with Crippen molar-refractivity contribution in [3.8, 4) is 0 Å². The molecular formula is C23H33N2O2+. The molecule has 4 bridgehead atoms. The molecule has 5 atom stereocenters. The van der Waals surface area contributed by atoms with Crippen LogP contribution in [0.4, 0.5) is 4.79 Å². The fourth-order valence-corrected chi connectivity index (χ4v) is 6.93. The highest BCUT2D eigenvalue weighted by Crippen LogP contribution is 2.55. The van der Waals surface area contributed by atoms with Crippen molar-refractivity contribution in [2.75, 3.05) is 14.1 Å². The summed E-state index contributed by atoms with van der Waals surface area (Å²) in [5, 5.41) is 3.39. The van der Waals surface area contributed by atoms with Crippen LogP contribution in [-0.2, 0) is 10.3 Å². The second-order valence-electron chi connectivity index (χ2n) is 10.1. The maximum atomic E-state index is 13.0. The van der Waals surface area contributed by atoms with Crippen molar-refractivity contribution in [2.24, 2.45) is 11.8 Å². The summed E-state index contributed by atoms with van der Waals surface area (Å²) in [5.41, 5.74) is 1.04. The van der Waals surface area contributed by atoms with E-state index in [1.54, 1.807) is 0 Å². The predicted octanol–water partition coefficient (Wildman–Crippen LogP) is 4.20. The van der Waals surface area contributed by atoms with E-state index in [0.717, 1.165) is 29.7 Å². The monoisotopic (exact) mass is 369 g/mol. The molecule has 1 N–H and O–H groups in total. The third kappa shape index (κ3) is 2.79. The number of amides is 1. The van der Waals surface area contributed by atoms with Crippen molar-refractivity contribution in [3.63, 3.8) is 0 Å². The number of benzene rings is 1. The van der Waals surface area contributed by atoms with Gasteiger partial charge in [0.25, 0.3) is 0 Å². The van der Waals surface area contributed by atoms with Gasteiger partial charge in [-0.15, -0.1) is 0 Å². The van der Waals surface area contributed by atoms with Crippen LogP contribution in [0.25, 0.3) is 0 Å². The molecule has 27 heavy (non-hydrogen) atoms. The first-order valence-corrected chi connectivity index (χ1v) is 10.8. The zero-order valence-electron chi connectivity index (χ0n) is 16.7. The number of carbonyl (C=O) groups is 1. The van der Waals surface area contributed by atoms with Crippen LogP contribution in [0.15, 0.2) is 30.3 Å². The second kappa shape index (κ2) is 6.23. The van der Waals surface area contributed by atoms with Gasteiger partial charge in [0, 0.05) is 25.7 Å². The summed E-state index contributed by atoms with van der Waals surface area (Å²) in [5.74, 6) is 1.30. The topological polar surface area (TPSA) is 38.3 Å². The molecule has 0 aromatic heterocycles. The van der Waals surface area contributed by atoms with E-state index in [0.29, 0.717) is 18.0 Å². The number of alkyl carbamates (subject to hydrolysis) is 1. The lowest BCUT2D eigenvalue weighted by Gasteiger charge is -2.44. The molecule has 146 valence electrons. The molecule has 5 rings (SSSR count). The maximum Gasteiger partial charge on any atom is 0.408 e. The lowest BCUT2D eigenvalue weighted by Crippen LogP contribution is -2.57. The van der Waals surface area contributed by atoms with Crippen LogP contribution in [-0.4, -0.2) is 42.9 Å². The lowest BCUT2D eigenvalue weighted by molar-refractivity contribution is -0.931. The minimum Gasteiger partial charge on any atom is -0.446 e. The summed E-state index contributed by atoms with van der Waals surface area (Å²) >= 11 is 0. The largest absolute Gasteiger partial charge is 0.446 e. The number of rotatable bonds is 3. The van der Waals surface area contributed by atoms with E-state index >= 15 is 0 Å². The van der Waals surface area contributed by atoms with Gasteiger partial charge in [0.05, 0.1) is 31.7 Å². The molecule has 4 aliphatic rings. The zero-order valence-corrected chi connectivity index (χ0v) is 16.7. The van der Waals surface area contributed by atoms with Crippen molar-refractivity contribution >= 4 is 6.09 Å². The van der Waals surface area contributed by atoms with Crippen LogP contribution in [0.2, 0.25) is 0 Å². The molecule has 2 aliphatic heterocycles. The SMILES string of the molecule is C[N+]1(C)C2CCC1CC(OC(=O)NC1(c3ccccc3)CC3CCC1C3)C2. The first-order chi connectivity index (χ1) is 13.0. The molecule has 5 unspecified atom stereocenters. The molecule has 2 saturated heterocycles. The summed E-state index contributed by atoms with van der Waals surface area (Å²) in [7, 11) is 4.69. The third-order valence-electron chi connectivity index (χ3n) is 8.52. The molecule has 2 heterocycles. The number of nitrogens with zero attached hydrogens (tertiary/aromatic N) is 1. The van der Waals surface area contributed by atoms with E-state index in [2.05, 4.69) is 49.7 Å². The molecule has 1 amide bonds. The van der Waals surface area contributed by atoms with Crippen LogP contribution in [0.3, 0.4) is 0 Å². The molecule has 1 aromatic rings. The Bertz CT molecular complexity index is 702. The average Bonchev–Trinajstić information content (AvgIpc) is 3.26. The second-order valence-corrected chi connectivity index (χ2v) is 10.1. The van der Waals surface area contributed by atoms with Crippen molar-refractivity contribution in [1.29, 1.82) is 0 Å². The summed E-state index contributed by atoms with van der Waals surface area (Å²) in [6.45, 7) is 0. The summed E-state index contributed by atoms with van der Waals surface area (Å²) < 4.78 is 7.13. The molecule has 2 saturated carbocycles. The van der Waals surface area contributed by atoms with Crippen LogP contribution < -0.4 is 5.32 Å². The van der Waals surface area contributed by atoms with Crippen molar-refractivity contribution in [1.82, 2.24) is 5.32 Å². The molecular weight excluding hydrogens is 336 g/mol. The van der Waals surface area contributed by atoms with E-state index in [1.807, 2.05) is 0 Å². The summed E-state index contributed by atoms with van der Waals surface area (Å²) in [6.07, 6.45) is 9.32. The molecule has 1 aromatic carbocycles. The molecule has 4 nitrogen and oxygen atoms in total. The van der Waals surface area contributed by atoms with Gasteiger partial charge in [-0.25, -0.2) is 4.79 Å². The highest BCUT2D eigenvalue weighted by Gasteiger charge is 2.54.